The van der Waals surface area contributed by atoms with Gasteiger partial charge in [-0.2, -0.15) is 13.2 Å². The average Bonchev–Trinajstić information content (AvgIpc) is 2.05. The number of nitrogens with one attached hydrogen (secondary N) is 2. The maximum atomic E-state index is 12.4. The van der Waals surface area contributed by atoms with Crippen molar-refractivity contribution in [2.24, 2.45) is 0 Å². The van der Waals surface area contributed by atoms with Crippen LogP contribution in [0, 0.1) is 5.82 Å². The third kappa shape index (κ3) is 4.30. The first kappa shape index (κ1) is 11.3. The molecule has 0 aliphatic carbocycles. The molecule has 0 bridgehead atoms. The van der Waals surface area contributed by atoms with E-state index in [9.17, 15) is 22.4 Å². The van der Waals surface area contributed by atoms with E-state index < -0.39 is 18.1 Å². The number of urea groups is 1. The number of hydrogen-bond acceptors (Lipinski definition) is 1. The Bertz CT molecular complexity index is 347. The molecule has 82 valence electrons. The van der Waals surface area contributed by atoms with Crippen LogP contribution >= 0.6 is 0 Å². The lowest BCUT2D eigenvalue weighted by Gasteiger charge is -2.09. The van der Waals surface area contributed by atoms with Gasteiger partial charge in [-0.3, -0.25) is 0 Å². The van der Waals surface area contributed by atoms with Crippen LogP contribution in [-0.4, -0.2) is 12.3 Å². The number of hydrogen-bond donors (Lipinski definition) is 2. The molecule has 7 heteroatoms. The highest BCUT2D eigenvalue weighted by Gasteiger charge is 2.29. The van der Waals surface area contributed by atoms with Crippen molar-refractivity contribution in [3.8, 4) is 0 Å². The topological polar surface area (TPSA) is 41.1 Å². The fourth-order valence-corrected chi connectivity index (χ4v) is 0.824. The van der Waals surface area contributed by atoms with Crippen LogP contribution in [0.4, 0.5) is 28.0 Å². The monoisotopic (exact) mass is 222 g/mol. The molecule has 0 saturated carbocycles. The Labute approximate surface area is 82.1 Å². The van der Waals surface area contributed by atoms with Gasteiger partial charge in [0.1, 0.15) is 5.82 Å². The van der Waals surface area contributed by atoms with Gasteiger partial charge >= 0.3 is 12.3 Å². The Hall–Kier alpha value is -1.79. The molecule has 0 fully saturated rings. The molecule has 0 spiro atoms. The predicted octanol–water partition coefficient (Wildman–Crippen LogP) is 2.47. The van der Waals surface area contributed by atoms with Crippen LogP contribution in [0.15, 0.2) is 24.3 Å². The van der Waals surface area contributed by atoms with Crippen LogP contribution in [0.3, 0.4) is 0 Å². The normalized spacial score (nSPS) is 10.9. The number of rotatable bonds is 1. The fourth-order valence-electron chi connectivity index (χ4n) is 0.824. The molecule has 0 aliphatic rings. The second-order valence-corrected chi connectivity index (χ2v) is 2.58. The quantitative estimate of drug-likeness (QED) is 0.556. The maximum absolute atomic E-state index is 12.4. The molecule has 15 heavy (non-hydrogen) atoms. The highest BCUT2D eigenvalue weighted by Crippen LogP contribution is 2.11. The van der Waals surface area contributed by atoms with E-state index in [2.05, 4.69) is 0 Å². The lowest BCUT2D eigenvalue weighted by molar-refractivity contribution is -0.144. The van der Waals surface area contributed by atoms with Crippen molar-refractivity contribution in [2.45, 2.75) is 6.30 Å². The van der Waals surface area contributed by atoms with E-state index in [0.29, 0.717) is 0 Å². The molecule has 0 atom stereocenters. The van der Waals surface area contributed by atoms with Crippen LogP contribution in [0.1, 0.15) is 0 Å². The molecule has 0 aromatic heterocycles. The third-order valence-corrected chi connectivity index (χ3v) is 1.36. The van der Waals surface area contributed by atoms with Gasteiger partial charge in [-0.25, -0.2) is 14.5 Å². The number of benzene rings is 1. The molecule has 2 N–H and O–H groups in total. The van der Waals surface area contributed by atoms with Gasteiger partial charge in [0.15, 0.2) is 0 Å². The van der Waals surface area contributed by atoms with Gasteiger partial charge in [0.25, 0.3) is 0 Å². The summed E-state index contributed by atoms with van der Waals surface area (Å²) >= 11 is 0. The van der Waals surface area contributed by atoms with E-state index in [1.54, 1.807) is 0 Å². The second kappa shape index (κ2) is 4.16. The van der Waals surface area contributed by atoms with Crippen molar-refractivity contribution < 1.29 is 22.4 Å². The summed E-state index contributed by atoms with van der Waals surface area (Å²) in [7, 11) is 0. The average molecular weight is 222 g/mol. The lowest BCUT2D eigenvalue weighted by Crippen LogP contribution is -2.40. The smallest absolute Gasteiger partial charge is 0.308 e. The molecule has 3 nitrogen and oxygen atoms in total. The van der Waals surface area contributed by atoms with Crippen molar-refractivity contribution in [1.82, 2.24) is 5.32 Å². The standard InChI is InChI=1S/C8H6F4N2O/c9-5-1-3-6(4-2-5)13-7(15)14-8(10,11)12/h1-4H,(H2,13,14,15). The minimum absolute atomic E-state index is 0.0677. The molecule has 1 rings (SSSR count). The number of anilines is 1. The van der Waals surface area contributed by atoms with Gasteiger partial charge in [0.2, 0.25) is 0 Å². The molecule has 0 saturated heterocycles. The van der Waals surface area contributed by atoms with Crippen molar-refractivity contribution in [2.75, 3.05) is 5.32 Å². The molecular weight excluding hydrogens is 216 g/mol. The molecule has 0 heterocycles. The largest absolute Gasteiger partial charge is 0.485 e. The molecule has 1 aromatic rings. The fraction of sp³-hybridized carbons (Fsp3) is 0.125. The van der Waals surface area contributed by atoms with Gasteiger partial charge in [-0.05, 0) is 24.3 Å². The van der Waals surface area contributed by atoms with Crippen molar-refractivity contribution in [3.63, 3.8) is 0 Å². The maximum Gasteiger partial charge on any atom is 0.485 e. The minimum Gasteiger partial charge on any atom is -0.308 e. The zero-order valence-electron chi connectivity index (χ0n) is 7.23. The van der Waals surface area contributed by atoms with Gasteiger partial charge < -0.3 is 5.32 Å². The molecular formula is C8H6F4N2O. The van der Waals surface area contributed by atoms with E-state index >= 15 is 0 Å². The van der Waals surface area contributed by atoms with Crippen molar-refractivity contribution >= 4 is 11.7 Å². The van der Waals surface area contributed by atoms with E-state index in [-0.39, 0.29) is 5.69 Å². The van der Waals surface area contributed by atoms with Gasteiger partial charge in [-0.15, -0.1) is 0 Å². The molecule has 0 unspecified atom stereocenters. The van der Waals surface area contributed by atoms with E-state index in [4.69, 9.17) is 0 Å². The number of alkyl halides is 3. The van der Waals surface area contributed by atoms with Crippen LogP contribution in [0.25, 0.3) is 0 Å². The third-order valence-electron chi connectivity index (χ3n) is 1.36. The predicted molar refractivity (Wildman–Crippen MR) is 44.6 cm³/mol. The lowest BCUT2D eigenvalue weighted by atomic mass is 10.3. The SMILES string of the molecule is O=C(Nc1ccc(F)cc1)NC(F)(F)F. The first-order chi connectivity index (χ1) is 6.87. The summed E-state index contributed by atoms with van der Waals surface area (Å²) in [6, 6.07) is 2.90. The van der Waals surface area contributed by atoms with Gasteiger partial charge in [0.05, 0.1) is 0 Å². The summed E-state index contributed by atoms with van der Waals surface area (Å²) < 4.78 is 47.3. The molecule has 0 radical (unpaired) electrons. The Balaban J connectivity index is 2.55. The number of carbonyl (C=O) groups excluding carboxylic acids is 1. The van der Waals surface area contributed by atoms with Crippen molar-refractivity contribution in [1.29, 1.82) is 0 Å². The van der Waals surface area contributed by atoms with E-state index in [1.165, 1.54) is 0 Å². The van der Waals surface area contributed by atoms with E-state index in [1.807, 2.05) is 5.32 Å². The van der Waals surface area contributed by atoms with Crippen LogP contribution in [0.5, 0.6) is 0 Å². The highest BCUT2D eigenvalue weighted by atomic mass is 19.4. The van der Waals surface area contributed by atoms with E-state index in [0.717, 1.165) is 29.6 Å². The Morgan fingerprint density at radius 3 is 2.13 bits per heavy atom. The van der Waals surface area contributed by atoms with Gasteiger partial charge in [-0.1, -0.05) is 0 Å². The Morgan fingerprint density at radius 2 is 1.67 bits per heavy atom. The molecule has 1 aromatic carbocycles. The first-order valence-electron chi connectivity index (χ1n) is 3.78. The summed E-state index contributed by atoms with van der Waals surface area (Å²) in [5.74, 6) is -0.545. The molecule has 2 amide bonds. The van der Waals surface area contributed by atoms with Crippen LogP contribution < -0.4 is 10.6 Å². The van der Waals surface area contributed by atoms with Crippen molar-refractivity contribution in [3.05, 3.63) is 30.1 Å². The van der Waals surface area contributed by atoms with Gasteiger partial charge in [0, 0.05) is 5.69 Å². The zero-order valence-corrected chi connectivity index (χ0v) is 7.23. The summed E-state index contributed by atoms with van der Waals surface area (Å²) in [6.07, 6.45) is -4.79. The summed E-state index contributed by atoms with van der Waals surface area (Å²) in [5.41, 5.74) is 0.0677. The zero-order chi connectivity index (χ0) is 11.5. The Kier molecular flexibility index (Phi) is 3.13. The Morgan fingerprint density at radius 1 is 1.13 bits per heavy atom. The number of carbonyl (C=O) groups is 1. The number of halogens is 4. The second-order valence-electron chi connectivity index (χ2n) is 2.58. The van der Waals surface area contributed by atoms with Crippen LogP contribution in [-0.2, 0) is 0 Å². The summed E-state index contributed by atoms with van der Waals surface area (Å²) in [4.78, 5) is 10.7. The molecule has 0 aliphatic heterocycles. The number of amides is 2. The first-order valence-corrected chi connectivity index (χ1v) is 3.78. The van der Waals surface area contributed by atoms with Crippen LogP contribution in [0.2, 0.25) is 0 Å². The minimum atomic E-state index is -4.79. The highest BCUT2D eigenvalue weighted by molar-refractivity contribution is 5.89. The summed E-state index contributed by atoms with van der Waals surface area (Å²) in [5, 5.41) is 2.63. The summed E-state index contributed by atoms with van der Waals surface area (Å²) in [6.45, 7) is 0.